The summed E-state index contributed by atoms with van der Waals surface area (Å²) in [5.74, 6) is 0.124. The first kappa shape index (κ1) is 9.30. The quantitative estimate of drug-likeness (QED) is 0.669. The van der Waals surface area contributed by atoms with Crippen molar-refractivity contribution in [3.8, 4) is 11.8 Å². The third kappa shape index (κ3) is 2.08. The monoisotopic (exact) mass is 175 g/mol. The standard InChI is InChI=1S/C10H9NO2/c1-7(6-11)10(13)8-2-4-9(12)5-3-8/h2-5,10,12-13H,1H2. The van der Waals surface area contributed by atoms with Crippen molar-refractivity contribution in [3.63, 3.8) is 0 Å². The zero-order valence-corrected chi connectivity index (χ0v) is 6.94. The Kier molecular flexibility index (Phi) is 2.68. The van der Waals surface area contributed by atoms with Gasteiger partial charge in [-0.25, -0.2) is 0 Å². The molecule has 1 atom stereocenters. The largest absolute Gasteiger partial charge is 0.508 e. The summed E-state index contributed by atoms with van der Waals surface area (Å²) in [6.07, 6.45) is -0.981. The molecule has 0 aliphatic rings. The van der Waals surface area contributed by atoms with Gasteiger partial charge in [-0.2, -0.15) is 5.26 Å². The van der Waals surface area contributed by atoms with Crippen LogP contribution in [0.5, 0.6) is 5.75 Å². The van der Waals surface area contributed by atoms with Crippen LogP contribution in [-0.2, 0) is 0 Å². The SMILES string of the molecule is C=C(C#N)C(O)c1ccc(O)cc1. The van der Waals surface area contributed by atoms with E-state index in [1.807, 2.05) is 0 Å². The van der Waals surface area contributed by atoms with Crippen LogP contribution in [0.25, 0.3) is 0 Å². The van der Waals surface area contributed by atoms with Gasteiger partial charge in [0.05, 0.1) is 11.6 Å². The number of nitrogens with zero attached hydrogens (tertiary/aromatic N) is 1. The summed E-state index contributed by atoms with van der Waals surface area (Å²) >= 11 is 0. The second-order valence-electron chi connectivity index (χ2n) is 2.63. The molecule has 0 heterocycles. The first-order valence-electron chi connectivity index (χ1n) is 3.71. The Balaban J connectivity index is 2.91. The van der Waals surface area contributed by atoms with E-state index >= 15 is 0 Å². The Labute approximate surface area is 76.2 Å². The Hall–Kier alpha value is -1.79. The topological polar surface area (TPSA) is 64.2 Å². The number of hydrogen-bond donors (Lipinski definition) is 2. The molecule has 0 bridgehead atoms. The van der Waals surface area contributed by atoms with Gasteiger partial charge in [0.15, 0.2) is 0 Å². The predicted octanol–water partition coefficient (Wildman–Crippen LogP) is 1.51. The Morgan fingerprint density at radius 2 is 1.92 bits per heavy atom. The minimum absolute atomic E-state index is 0.0886. The summed E-state index contributed by atoms with van der Waals surface area (Å²) in [5, 5.41) is 26.9. The summed E-state index contributed by atoms with van der Waals surface area (Å²) < 4.78 is 0. The molecule has 0 fully saturated rings. The molecule has 3 heteroatoms. The minimum atomic E-state index is -0.981. The number of phenols is 1. The summed E-state index contributed by atoms with van der Waals surface area (Å²) in [6.45, 7) is 3.40. The molecule has 1 aromatic rings. The average molecular weight is 175 g/mol. The number of aliphatic hydroxyl groups excluding tert-OH is 1. The van der Waals surface area contributed by atoms with Crippen LogP contribution in [0.2, 0.25) is 0 Å². The molecule has 66 valence electrons. The van der Waals surface area contributed by atoms with Gasteiger partial charge in [-0.05, 0) is 17.7 Å². The number of benzene rings is 1. The summed E-state index contributed by atoms with van der Waals surface area (Å²) in [5.41, 5.74) is 0.634. The van der Waals surface area contributed by atoms with Gasteiger partial charge in [-0.3, -0.25) is 0 Å². The molecule has 0 saturated carbocycles. The van der Waals surface area contributed by atoms with Crippen LogP contribution in [0.3, 0.4) is 0 Å². The smallest absolute Gasteiger partial charge is 0.115 e. The van der Waals surface area contributed by atoms with Gasteiger partial charge in [0.1, 0.15) is 11.9 Å². The van der Waals surface area contributed by atoms with Crippen LogP contribution in [0.15, 0.2) is 36.4 Å². The van der Waals surface area contributed by atoms with Crippen LogP contribution in [0.1, 0.15) is 11.7 Å². The highest BCUT2D eigenvalue weighted by atomic mass is 16.3. The van der Waals surface area contributed by atoms with E-state index in [-0.39, 0.29) is 11.3 Å². The lowest BCUT2D eigenvalue weighted by atomic mass is 10.0. The number of nitriles is 1. The lowest BCUT2D eigenvalue weighted by Gasteiger charge is -2.07. The highest BCUT2D eigenvalue weighted by Crippen LogP contribution is 2.21. The summed E-state index contributed by atoms with van der Waals surface area (Å²) in [6, 6.07) is 7.75. The maximum Gasteiger partial charge on any atom is 0.115 e. The molecule has 0 aliphatic carbocycles. The third-order valence-corrected chi connectivity index (χ3v) is 1.68. The normalized spacial score (nSPS) is 11.7. The Morgan fingerprint density at radius 3 is 2.38 bits per heavy atom. The molecule has 3 nitrogen and oxygen atoms in total. The van der Waals surface area contributed by atoms with Crippen LogP contribution in [-0.4, -0.2) is 10.2 Å². The zero-order chi connectivity index (χ0) is 9.84. The number of phenolic OH excluding ortho intramolecular Hbond substituents is 1. The van der Waals surface area contributed by atoms with Crippen molar-refractivity contribution in [3.05, 3.63) is 42.0 Å². The van der Waals surface area contributed by atoms with Gasteiger partial charge in [-0.1, -0.05) is 18.7 Å². The van der Waals surface area contributed by atoms with Gasteiger partial charge in [0.25, 0.3) is 0 Å². The molecule has 13 heavy (non-hydrogen) atoms. The fourth-order valence-electron chi connectivity index (χ4n) is 0.919. The van der Waals surface area contributed by atoms with Gasteiger partial charge >= 0.3 is 0 Å². The van der Waals surface area contributed by atoms with Crippen molar-refractivity contribution >= 4 is 0 Å². The van der Waals surface area contributed by atoms with Crippen molar-refractivity contribution in [2.24, 2.45) is 0 Å². The number of aromatic hydroxyl groups is 1. The number of hydrogen-bond acceptors (Lipinski definition) is 3. The van der Waals surface area contributed by atoms with E-state index in [9.17, 15) is 5.11 Å². The van der Waals surface area contributed by atoms with Gasteiger partial charge in [0, 0.05) is 0 Å². The maximum atomic E-state index is 9.48. The van der Waals surface area contributed by atoms with Crippen LogP contribution >= 0.6 is 0 Å². The van der Waals surface area contributed by atoms with Crippen molar-refractivity contribution in [2.75, 3.05) is 0 Å². The number of aliphatic hydroxyl groups is 1. The summed E-state index contributed by atoms with van der Waals surface area (Å²) in [7, 11) is 0. The van der Waals surface area contributed by atoms with Crippen molar-refractivity contribution in [1.29, 1.82) is 5.26 Å². The maximum absolute atomic E-state index is 9.48. The van der Waals surface area contributed by atoms with E-state index in [1.165, 1.54) is 12.1 Å². The van der Waals surface area contributed by atoms with Crippen LogP contribution < -0.4 is 0 Å². The van der Waals surface area contributed by atoms with E-state index in [4.69, 9.17) is 10.4 Å². The predicted molar refractivity (Wildman–Crippen MR) is 47.8 cm³/mol. The first-order valence-corrected chi connectivity index (χ1v) is 3.71. The van der Waals surface area contributed by atoms with Gasteiger partial charge < -0.3 is 10.2 Å². The van der Waals surface area contributed by atoms with E-state index in [0.29, 0.717) is 5.56 Å². The second kappa shape index (κ2) is 3.74. The molecule has 1 unspecified atom stereocenters. The molecule has 0 amide bonds. The fraction of sp³-hybridized carbons (Fsp3) is 0.100. The summed E-state index contributed by atoms with van der Waals surface area (Å²) in [4.78, 5) is 0. The molecule has 1 aromatic carbocycles. The van der Waals surface area contributed by atoms with Crippen LogP contribution in [0, 0.1) is 11.3 Å². The first-order chi connectivity index (χ1) is 6.15. The molecule has 1 rings (SSSR count). The van der Waals surface area contributed by atoms with E-state index in [1.54, 1.807) is 18.2 Å². The number of rotatable bonds is 2. The fourth-order valence-corrected chi connectivity index (χ4v) is 0.919. The molecule has 2 N–H and O–H groups in total. The average Bonchev–Trinajstić information content (AvgIpc) is 2.17. The van der Waals surface area contributed by atoms with E-state index in [0.717, 1.165) is 0 Å². The zero-order valence-electron chi connectivity index (χ0n) is 6.94. The van der Waals surface area contributed by atoms with Gasteiger partial charge in [0.2, 0.25) is 0 Å². The minimum Gasteiger partial charge on any atom is -0.508 e. The lowest BCUT2D eigenvalue weighted by Crippen LogP contribution is -1.98. The van der Waals surface area contributed by atoms with Crippen molar-refractivity contribution in [1.82, 2.24) is 0 Å². The van der Waals surface area contributed by atoms with Crippen molar-refractivity contribution in [2.45, 2.75) is 6.10 Å². The Bertz CT molecular complexity index is 348. The van der Waals surface area contributed by atoms with Gasteiger partial charge in [-0.15, -0.1) is 0 Å². The van der Waals surface area contributed by atoms with Crippen LogP contribution in [0.4, 0.5) is 0 Å². The van der Waals surface area contributed by atoms with E-state index < -0.39 is 6.10 Å². The molecular formula is C10H9NO2. The molecule has 0 aliphatic heterocycles. The molecule has 0 aromatic heterocycles. The molecule has 0 spiro atoms. The highest BCUT2D eigenvalue weighted by Gasteiger charge is 2.10. The molecular weight excluding hydrogens is 166 g/mol. The highest BCUT2D eigenvalue weighted by molar-refractivity contribution is 5.34. The Morgan fingerprint density at radius 1 is 1.38 bits per heavy atom. The van der Waals surface area contributed by atoms with E-state index in [2.05, 4.69) is 6.58 Å². The second-order valence-corrected chi connectivity index (χ2v) is 2.63. The molecule has 0 radical (unpaired) electrons. The lowest BCUT2D eigenvalue weighted by molar-refractivity contribution is 0.221. The molecule has 0 saturated heterocycles. The van der Waals surface area contributed by atoms with Crippen molar-refractivity contribution < 1.29 is 10.2 Å². The third-order valence-electron chi connectivity index (χ3n) is 1.68.